The van der Waals surface area contributed by atoms with E-state index in [1.54, 1.807) is 12.1 Å². The van der Waals surface area contributed by atoms with Gasteiger partial charge in [0.15, 0.2) is 0 Å². The number of hydrogen-bond acceptors (Lipinski definition) is 1. The number of carbonyl (C=O) groups excluding carboxylic acids is 1. The van der Waals surface area contributed by atoms with Crippen molar-refractivity contribution in [2.24, 2.45) is 5.92 Å². The molecule has 0 spiro atoms. The van der Waals surface area contributed by atoms with Crippen LogP contribution in [0.2, 0.25) is 0 Å². The van der Waals surface area contributed by atoms with Gasteiger partial charge in [-0.3, -0.25) is 4.79 Å². The van der Waals surface area contributed by atoms with E-state index >= 15 is 0 Å². The molecule has 0 radical (unpaired) electrons. The number of fused-ring (bicyclic) bond motifs is 3. The van der Waals surface area contributed by atoms with Crippen LogP contribution in [-0.4, -0.2) is 17.4 Å². The van der Waals surface area contributed by atoms with Gasteiger partial charge < -0.3 is 10.3 Å². The van der Waals surface area contributed by atoms with E-state index in [0.29, 0.717) is 6.42 Å². The van der Waals surface area contributed by atoms with Gasteiger partial charge in [0.2, 0.25) is 5.91 Å². The molecule has 106 valence electrons. The summed E-state index contributed by atoms with van der Waals surface area (Å²) in [7, 11) is 0. The maximum absolute atomic E-state index is 13.4. The molecule has 20 heavy (non-hydrogen) atoms. The standard InChI is InChI=1S/C16H19FN2O/c1-2-7-18-16(20)10-3-5-14-12(8-10)13-9-11(17)4-6-15(13)19-14/h4,6,9-10,19H,2-3,5,7-8H2,1H3,(H,18,20). The fraction of sp³-hybridized carbons (Fsp3) is 0.438. The fourth-order valence-corrected chi connectivity index (χ4v) is 3.01. The van der Waals surface area contributed by atoms with E-state index in [4.69, 9.17) is 0 Å². The Hall–Kier alpha value is -1.84. The van der Waals surface area contributed by atoms with Crippen LogP contribution in [0.4, 0.5) is 4.39 Å². The summed E-state index contributed by atoms with van der Waals surface area (Å²) in [5, 5.41) is 3.89. The molecule has 0 saturated heterocycles. The second-order valence-electron chi connectivity index (χ2n) is 5.50. The Morgan fingerprint density at radius 3 is 3.15 bits per heavy atom. The zero-order valence-electron chi connectivity index (χ0n) is 11.6. The number of halogens is 1. The summed E-state index contributed by atoms with van der Waals surface area (Å²) in [4.78, 5) is 15.4. The summed E-state index contributed by atoms with van der Waals surface area (Å²) in [6, 6.07) is 4.81. The van der Waals surface area contributed by atoms with E-state index in [0.717, 1.165) is 48.0 Å². The number of aryl methyl sites for hydroxylation is 1. The molecule has 1 aromatic carbocycles. The van der Waals surface area contributed by atoms with E-state index in [-0.39, 0.29) is 17.6 Å². The maximum atomic E-state index is 13.4. The highest BCUT2D eigenvalue weighted by atomic mass is 19.1. The van der Waals surface area contributed by atoms with Gasteiger partial charge >= 0.3 is 0 Å². The molecule has 3 rings (SSSR count). The maximum Gasteiger partial charge on any atom is 0.223 e. The van der Waals surface area contributed by atoms with Crippen molar-refractivity contribution in [2.45, 2.75) is 32.6 Å². The molecule has 1 unspecified atom stereocenters. The minimum absolute atomic E-state index is 0.0105. The Kier molecular flexibility index (Phi) is 3.47. The molecule has 1 atom stereocenters. The van der Waals surface area contributed by atoms with E-state index in [2.05, 4.69) is 10.3 Å². The highest BCUT2D eigenvalue weighted by molar-refractivity contribution is 5.87. The number of H-pyrrole nitrogens is 1. The molecule has 1 aliphatic rings. The van der Waals surface area contributed by atoms with Crippen LogP contribution in [0.1, 0.15) is 31.0 Å². The van der Waals surface area contributed by atoms with Crippen molar-refractivity contribution in [1.82, 2.24) is 10.3 Å². The van der Waals surface area contributed by atoms with Crippen LogP contribution in [-0.2, 0) is 17.6 Å². The van der Waals surface area contributed by atoms with Crippen molar-refractivity contribution < 1.29 is 9.18 Å². The summed E-state index contributed by atoms with van der Waals surface area (Å²) in [5.74, 6) is -0.0866. The van der Waals surface area contributed by atoms with Crippen LogP contribution in [0.5, 0.6) is 0 Å². The van der Waals surface area contributed by atoms with Gasteiger partial charge in [-0.2, -0.15) is 0 Å². The second-order valence-corrected chi connectivity index (χ2v) is 5.50. The van der Waals surface area contributed by atoms with Gasteiger partial charge in [0, 0.05) is 29.1 Å². The van der Waals surface area contributed by atoms with E-state index in [1.807, 2.05) is 6.92 Å². The van der Waals surface area contributed by atoms with Crippen LogP contribution < -0.4 is 5.32 Å². The molecule has 0 fully saturated rings. The number of aromatic amines is 1. The lowest BCUT2D eigenvalue weighted by molar-refractivity contribution is -0.125. The molecule has 4 heteroatoms. The van der Waals surface area contributed by atoms with Gasteiger partial charge in [0.25, 0.3) is 0 Å². The Labute approximate surface area is 117 Å². The molecule has 1 heterocycles. The number of carbonyl (C=O) groups is 1. The number of rotatable bonds is 3. The molecule has 1 aliphatic carbocycles. The Morgan fingerprint density at radius 1 is 1.50 bits per heavy atom. The highest BCUT2D eigenvalue weighted by Crippen LogP contribution is 2.32. The lowest BCUT2D eigenvalue weighted by Crippen LogP contribution is -2.34. The highest BCUT2D eigenvalue weighted by Gasteiger charge is 2.27. The second kappa shape index (κ2) is 5.27. The summed E-state index contributed by atoms with van der Waals surface area (Å²) in [5.41, 5.74) is 3.23. The van der Waals surface area contributed by atoms with Crippen molar-refractivity contribution in [3.63, 3.8) is 0 Å². The first-order chi connectivity index (χ1) is 9.69. The average Bonchev–Trinajstić information content (AvgIpc) is 2.82. The van der Waals surface area contributed by atoms with E-state index < -0.39 is 0 Å². The van der Waals surface area contributed by atoms with Crippen molar-refractivity contribution in [3.05, 3.63) is 35.3 Å². The van der Waals surface area contributed by atoms with Gasteiger partial charge in [-0.1, -0.05) is 6.92 Å². The Morgan fingerprint density at radius 2 is 2.35 bits per heavy atom. The summed E-state index contributed by atoms with van der Waals surface area (Å²) in [6.45, 7) is 2.77. The number of benzene rings is 1. The summed E-state index contributed by atoms with van der Waals surface area (Å²) in [6.07, 6.45) is 3.37. The predicted molar refractivity (Wildman–Crippen MR) is 77.1 cm³/mol. The van der Waals surface area contributed by atoms with E-state index in [9.17, 15) is 9.18 Å². The van der Waals surface area contributed by atoms with E-state index in [1.165, 1.54) is 6.07 Å². The third kappa shape index (κ3) is 2.30. The lowest BCUT2D eigenvalue weighted by Gasteiger charge is -2.21. The topological polar surface area (TPSA) is 44.9 Å². The monoisotopic (exact) mass is 274 g/mol. The molecular formula is C16H19FN2O. The smallest absolute Gasteiger partial charge is 0.223 e. The fourth-order valence-electron chi connectivity index (χ4n) is 3.01. The van der Waals surface area contributed by atoms with Crippen molar-refractivity contribution in [3.8, 4) is 0 Å². The number of nitrogens with one attached hydrogen (secondary N) is 2. The molecule has 1 amide bonds. The zero-order valence-corrected chi connectivity index (χ0v) is 11.6. The molecule has 0 aliphatic heterocycles. The van der Waals surface area contributed by atoms with Crippen LogP contribution in [0, 0.1) is 11.7 Å². The third-order valence-electron chi connectivity index (χ3n) is 4.07. The zero-order chi connectivity index (χ0) is 14.1. The lowest BCUT2D eigenvalue weighted by atomic mass is 9.86. The average molecular weight is 274 g/mol. The molecule has 3 nitrogen and oxygen atoms in total. The molecule has 2 N–H and O–H groups in total. The van der Waals surface area contributed by atoms with Crippen molar-refractivity contribution in [2.75, 3.05) is 6.54 Å². The van der Waals surface area contributed by atoms with Gasteiger partial charge in [0.1, 0.15) is 5.82 Å². The first kappa shape index (κ1) is 13.2. The minimum atomic E-state index is -0.225. The Bertz CT molecular complexity index is 647. The Balaban J connectivity index is 1.88. The summed E-state index contributed by atoms with van der Waals surface area (Å²) < 4.78 is 13.4. The molecule has 1 aromatic heterocycles. The van der Waals surface area contributed by atoms with Gasteiger partial charge in [-0.15, -0.1) is 0 Å². The number of hydrogen-bond donors (Lipinski definition) is 2. The SMILES string of the molecule is CCCNC(=O)C1CCc2[nH]c3ccc(F)cc3c2C1. The normalized spacial score (nSPS) is 18.0. The van der Waals surface area contributed by atoms with Crippen LogP contribution in [0.25, 0.3) is 10.9 Å². The first-order valence-electron chi connectivity index (χ1n) is 7.25. The van der Waals surface area contributed by atoms with Crippen LogP contribution >= 0.6 is 0 Å². The number of amides is 1. The quantitative estimate of drug-likeness (QED) is 0.888. The molecule has 0 saturated carbocycles. The number of aromatic nitrogens is 1. The van der Waals surface area contributed by atoms with Gasteiger partial charge in [-0.25, -0.2) is 4.39 Å². The predicted octanol–water partition coefficient (Wildman–Crippen LogP) is 2.94. The van der Waals surface area contributed by atoms with Crippen molar-refractivity contribution in [1.29, 1.82) is 0 Å². The minimum Gasteiger partial charge on any atom is -0.358 e. The van der Waals surface area contributed by atoms with Crippen LogP contribution in [0.3, 0.4) is 0 Å². The first-order valence-corrected chi connectivity index (χ1v) is 7.25. The largest absolute Gasteiger partial charge is 0.358 e. The van der Waals surface area contributed by atoms with Gasteiger partial charge in [0.05, 0.1) is 0 Å². The molecule has 0 bridgehead atoms. The van der Waals surface area contributed by atoms with Crippen LogP contribution in [0.15, 0.2) is 18.2 Å². The molecular weight excluding hydrogens is 255 g/mol. The van der Waals surface area contributed by atoms with Gasteiger partial charge in [-0.05, 0) is 49.4 Å². The molecule has 2 aromatic rings. The third-order valence-corrected chi connectivity index (χ3v) is 4.07. The van der Waals surface area contributed by atoms with Crippen molar-refractivity contribution >= 4 is 16.8 Å². The summed E-state index contributed by atoms with van der Waals surface area (Å²) >= 11 is 0.